The molecule has 1 aromatic carbocycles. The minimum atomic E-state index is 0.303. The van der Waals surface area contributed by atoms with Crippen molar-refractivity contribution in [3.63, 3.8) is 0 Å². The highest BCUT2D eigenvalue weighted by Crippen LogP contribution is 2.19. The number of hydrogen-bond donors (Lipinski definition) is 2. The van der Waals surface area contributed by atoms with Crippen molar-refractivity contribution in [3.8, 4) is 0 Å². The molecule has 1 heterocycles. The van der Waals surface area contributed by atoms with Gasteiger partial charge in [0.05, 0.1) is 0 Å². The smallest absolute Gasteiger partial charge is 0.0304 e. The van der Waals surface area contributed by atoms with E-state index in [1.54, 1.807) is 0 Å². The lowest BCUT2D eigenvalue weighted by Crippen LogP contribution is -2.63. The molecule has 1 aliphatic heterocycles. The maximum Gasteiger partial charge on any atom is 0.0304 e. The SMILES string of the molecule is CCC1(CC)CNC[C@H](Cc2ccccc2)N1. The van der Waals surface area contributed by atoms with Crippen LogP contribution in [0.3, 0.4) is 0 Å². The molecule has 0 aromatic heterocycles. The van der Waals surface area contributed by atoms with Crippen LogP contribution in [0.5, 0.6) is 0 Å². The molecule has 0 radical (unpaired) electrons. The van der Waals surface area contributed by atoms with E-state index in [9.17, 15) is 0 Å². The Bertz CT molecular complexity index is 330. The van der Waals surface area contributed by atoms with Gasteiger partial charge in [-0.25, -0.2) is 0 Å². The summed E-state index contributed by atoms with van der Waals surface area (Å²) in [6.45, 7) is 6.74. The molecule has 0 saturated carbocycles. The van der Waals surface area contributed by atoms with Crippen molar-refractivity contribution in [2.45, 2.75) is 44.7 Å². The maximum absolute atomic E-state index is 3.85. The third-order valence-corrected chi connectivity index (χ3v) is 4.04. The molecule has 1 atom stereocenters. The van der Waals surface area contributed by atoms with Crippen molar-refractivity contribution in [1.29, 1.82) is 0 Å². The molecular formula is C15H24N2. The van der Waals surface area contributed by atoms with Crippen LogP contribution in [0.15, 0.2) is 30.3 Å². The lowest BCUT2D eigenvalue weighted by molar-refractivity contribution is 0.208. The molecule has 0 amide bonds. The molecule has 94 valence electrons. The Morgan fingerprint density at radius 3 is 2.53 bits per heavy atom. The van der Waals surface area contributed by atoms with Gasteiger partial charge in [-0.15, -0.1) is 0 Å². The zero-order chi connectivity index (χ0) is 12.1. The molecule has 0 unspecified atom stereocenters. The fourth-order valence-corrected chi connectivity index (χ4v) is 2.75. The highest BCUT2D eigenvalue weighted by atomic mass is 15.1. The minimum Gasteiger partial charge on any atom is -0.313 e. The molecule has 1 fully saturated rings. The minimum absolute atomic E-state index is 0.303. The Labute approximate surface area is 105 Å². The average molecular weight is 232 g/mol. The summed E-state index contributed by atoms with van der Waals surface area (Å²) >= 11 is 0. The summed E-state index contributed by atoms with van der Waals surface area (Å²) in [5.41, 5.74) is 1.73. The van der Waals surface area contributed by atoms with E-state index in [-0.39, 0.29) is 0 Å². The molecule has 1 aliphatic rings. The second-order valence-electron chi connectivity index (χ2n) is 5.15. The fourth-order valence-electron chi connectivity index (χ4n) is 2.75. The molecule has 2 heteroatoms. The van der Waals surface area contributed by atoms with Crippen molar-refractivity contribution >= 4 is 0 Å². The predicted octanol–water partition coefficient (Wildman–Crippen LogP) is 2.35. The summed E-state index contributed by atoms with van der Waals surface area (Å²) in [5.74, 6) is 0. The van der Waals surface area contributed by atoms with Gasteiger partial charge in [0, 0.05) is 24.7 Å². The first-order chi connectivity index (χ1) is 8.28. The number of piperazine rings is 1. The maximum atomic E-state index is 3.85. The Kier molecular flexibility index (Phi) is 4.19. The van der Waals surface area contributed by atoms with E-state index in [2.05, 4.69) is 54.8 Å². The predicted molar refractivity (Wildman–Crippen MR) is 73.3 cm³/mol. The van der Waals surface area contributed by atoms with Crippen LogP contribution in [0.1, 0.15) is 32.3 Å². The highest BCUT2D eigenvalue weighted by Gasteiger charge is 2.32. The van der Waals surface area contributed by atoms with Crippen LogP contribution in [0, 0.1) is 0 Å². The van der Waals surface area contributed by atoms with Crippen LogP contribution in [0.4, 0.5) is 0 Å². The number of nitrogens with one attached hydrogen (secondary N) is 2. The molecule has 0 spiro atoms. The zero-order valence-corrected chi connectivity index (χ0v) is 11.0. The molecule has 0 aliphatic carbocycles. The summed E-state index contributed by atoms with van der Waals surface area (Å²) in [6.07, 6.45) is 3.51. The second kappa shape index (κ2) is 5.65. The van der Waals surface area contributed by atoms with Crippen LogP contribution in [0.25, 0.3) is 0 Å². The van der Waals surface area contributed by atoms with Crippen LogP contribution < -0.4 is 10.6 Å². The van der Waals surface area contributed by atoms with E-state index in [1.807, 2.05) is 0 Å². The molecular weight excluding hydrogens is 208 g/mol. The third kappa shape index (κ3) is 3.08. The standard InChI is InChI=1S/C15H24N2/c1-3-15(4-2)12-16-11-14(17-15)10-13-8-6-5-7-9-13/h5-9,14,16-17H,3-4,10-12H2,1-2H3/t14-/m0/s1. The largest absolute Gasteiger partial charge is 0.313 e. The van der Waals surface area contributed by atoms with Gasteiger partial charge in [-0.2, -0.15) is 0 Å². The molecule has 2 rings (SSSR count). The summed E-state index contributed by atoms with van der Waals surface area (Å²) in [6, 6.07) is 11.3. The van der Waals surface area contributed by atoms with Gasteiger partial charge in [-0.1, -0.05) is 44.2 Å². The lowest BCUT2D eigenvalue weighted by Gasteiger charge is -2.42. The Morgan fingerprint density at radius 1 is 1.18 bits per heavy atom. The zero-order valence-electron chi connectivity index (χ0n) is 11.0. The van der Waals surface area contributed by atoms with Gasteiger partial charge < -0.3 is 10.6 Å². The molecule has 2 nitrogen and oxygen atoms in total. The number of rotatable bonds is 4. The summed E-state index contributed by atoms with van der Waals surface area (Å²) < 4.78 is 0. The third-order valence-electron chi connectivity index (χ3n) is 4.04. The highest BCUT2D eigenvalue weighted by molar-refractivity contribution is 5.16. The van der Waals surface area contributed by atoms with Crippen molar-refractivity contribution < 1.29 is 0 Å². The van der Waals surface area contributed by atoms with Gasteiger partial charge in [0.2, 0.25) is 0 Å². The van der Waals surface area contributed by atoms with Gasteiger partial charge in [0.15, 0.2) is 0 Å². The second-order valence-corrected chi connectivity index (χ2v) is 5.15. The van der Waals surface area contributed by atoms with Gasteiger partial charge in [-0.05, 0) is 24.8 Å². The lowest BCUT2D eigenvalue weighted by atomic mass is 9.88. The van der Waals surface area contributed by atoms with Crippen LogP contribution in [0.2, 0.25) is 0 Å². The normalized spacial score (nSPS) is 23.5. The number of benzene rings is 1. The average Bonchev–Trinajstić information content (AvgIpc) is 2.40. The van der Waals surface area contributed by atoms with Gasteiger partial charge in [-0.3, -0.25) is 0 Å². The number of hydrogen-bond acceptors (Lipinski definition) is 2. The topological polar surface area (TPSA) is 24.1 Å². The summed E-state index contributed by atoms with van der Waals surface area (Å²) in [7, 11) is 0. The van der Waals surface area contributed by atoms with Crippen LogP contribution >= 0.6 is 0 Å². The van der Waals surface area contributed by atoms with E-state index in [0.29, 0.717) is 11.6 Å². The first kappa shape index (κ1) is 12.6. The van der Waals surface area contributed by atoms with E-state index < -0.39 is 0 Å². The Balaban J connectivity index is 1.98. The van der Waals surface area contributed by atoms with Gasteiger partial charge in [0.25, 0.3) is 0 Å². The molecule has 0 bridgehead atoms. The molecule has 1 aromatic rings. The van der Waals surface area contributed by atoms with Crippen molar-refractivity contribution in [3.05, 3.63) is 35.9 Å². The molecule has 2 N–H and O–H groups in total. The van der Waals surface area contributed by atoms with Crippen LogP contribution in [-0.2, 0) is 6.42 Å². The van der Waals surface area contributed by atoms with E-state index in [0.717, 1.165) is 19.5 Å². The first-order valence-electron chi connectivity index (χ1n) is 6.80. The summed E-state index contributed by atoms with van der Waals surface area (Å²) in [5, 5.41) is 7.44. The van der Waals surface area contributed by atoms with Crippen molar-refractivity contribution in [2.75, 3.05) is 13.1 Å². The van der Waals surface area contributed by atoms with Gasteiger partial charge in [0.1, 0.15) is 0 Å². The first-order valence-corrected chi connectivity index (χ1v) is 6.80. The van der Waals surface area contributed by atoms with E-state index in [1.165, 1.54) is 18.4 Å². The quantitative estimate of drug-likeness (QED) is 0.832. The van der Waals surface area contributed by atoms with E-state index >= 15 is 0 Å². The fraction of sp³-hybridized carbons (Fsp3) is 0.600. The van der Waals surface area contributed by atoms with Gasteiger partial charge >= 0.3 is 0 Å². The van der Waals surface area contributed by atoms with Crippen molar-refractivity contribution in [1.82, 2.24) is 10.6 Å². The molecule has 17 heavy (non-hydrogen) atoms. The summed E-state index contributed by atoms with van der Waals surface area (Å²) in [4.78, 5) is 0. The van der Waals surface area contributed by atoms with E-state index in [4.69, 9.17) is 0 Å². The monoisotopic (exact) mass is 232 g/mol. The van der Waals surface area contributed by atoms with Crippen LogP contribution in [-0.4, -0.2) is 24.7 Å². The Morgan fingerprint density at radius 2 is 1.88 bits per heavy atom. The Hall–Kier alpha value is -0.860. The molecule has 1 saturated heterocycles. The van der Waals surface area contributed by atoms with Crippen molar-refractivity contribution in [2.24, 2.45) is 0 Å².